The lowest BCUT2D eigenvalue weighted by molar-refractivity contribution is 0.397. The van der Waals surface area contributed by atoms with E-state index in [1.165, 1.54) is 344 Å². The molecule has 2 nitrogen and oxygen atoms in total. The van der Waals surface area contributed by atoms with Crippen LogP contribution in [0, 0.1) is 0 Å². The topological polar surface area (TPSA) is 6.48 Å². The Morgan fingerprint density at radius 3 is 0.858 bits per heavy atom. The highest BCUT2D eigenvalue weighted by molar-refractivity contribution is 5.92. The molecule has 13 aromatic rings. The van der Waals surface area contributed by atoms with Gasteiger partial charge < -0.3 is 9.80 Å². The fourth-order valence-corrected chi connectivity index (χ4v) is 23.5. The van der Waals surface area contributed by atoms with Gasteiger partial charge in [-0.25, -0.2) is 0 Å². The van der Waals surface area contributed by atoms with Crippen LogP contribution in [0.25, 0.3) is 66.8 Å². The predicted octanol–water partition coefficient (Wildman–Crippen LogP) is 36.4. The number of unbranched alkanes of at least 4 members (excludes halogenated alkanes) is 20. The molecule has 0 radical (unpaired) electrons. The van der Waals surface area contributed by atoms with Crippen molar-refractivity contribution in [2.24, 2.45) is 0 Å². The number of hydrogen-bond donors (Lipinski definition) is 0. The van der Waals surface area contributed by atoms with E-state index in [1.807, 2.05) is 0 Å². The molecule has 5 aliphatic rings. The highest BCUT2D eigenvalue weighted by Gasteiger charge is 2.47. The Kier molecular flexibility index (Phi) is 27.7. The molecule has 0 heterocycles. The standard InChI is InChI=1S/C125H140N2/c1-7-12-16-20-24-37-77-123(78-38-25-21-17-13-8-2)117-85-99(91(6)11-5)59-69-111(117)112-71-61-103(87-118(112)123)97-55-63-107(64-56-97)126(105-43-33-29-34-44-105)109-67-73-115-116-74-68-110(90-122(116)124(121(115)89-109,79-39-26-22-18-14-9-3)80-40-27-23-19-15-10-4)127(106-45-35-30-36-46-106)108-65-57-98(58-66-108)104-62-72-114-113-70-60-102(94-41-31-28-32-42-94)86-119(113)125(120(114)88-104,81-75-92-47-49-95-51-53-100(95)83-92)82-76-93-48-50-96-52-54-101(96)84-93/h28-36,41-50,55-74,83-91H,7-27,37-40,51-54,75-82H2,1-6H3. The molecule has 13 aromatic carbocycles. The average Bonchev–Trinajstić information content (AvgIpc) is 1.57. The van der Waals surface area contributed by atoms with Crippen molar-refractivity contribution < 1.29 is 0 Å². The van der Waals surface area contributed by atoms with Gasteiger partial charge in [0.25, 0.3) is 0 Å². The van der Waals surface area contributed by atoms with Crippen LogP contribution >= 0.6 is 0 Å². The quantitative estimate of drug-likeness (QED) is 0.0351. The molecular weight excluding hydrogens is 1530 g/mol. The van der Waals surface area contributed by atoms with Crippen molar-refractivity contribution in [3.8, 4) is 66.8 Å². The first-order valence-corrected chi connectivity index (χ1v) is 50.7. The molecule has 0 fully saturated rings. The summed E-state index contributed by atoms with van der Waals surface area (Å²) in [5.41, 5.74) is 42.8. The van der Waals surface area contributed by atoms with Crippen LogP contribution in [0.5, 0.6) is 0 Å². The summed E-state index contributed by atoms with van der Waals surface area (Å²) < 4.78 is 0. The zero-order valence-electron chi connectivity index (χ0n) is 77.8. The highest BCUT2D eigenvalue weighted by Crippen LogP contribution is 2.61. The van der Waals surface area contributed by atoms with Crippen LogP contribution in [-0.4, -0.2) is 0 Å². The van der Waals surface area contributed by atoms with Crippen molar-refractivity contribution in [1.29, 1.82) is 0 Å². The molecule has 2 heteroatoms. The Labute approximate surface area is 764 Å². The smallest absolute Gasteiger partial charge is 0.0465 e. The van der Waals surface area contributed by atoms with E-state index in [0.29, 0.717) is 5.92 Å². The third-order valence-corrected chi connectivity index (χ3v) is 31.2. The minimum Gasteiger partial charge on any atom is -0.310 e. The molecule has 0 N–H and O–H groups in total. The molecular formula is C125H140N2. The molecule has 0 saturated carbocycles. The highest BCUT2D eigenvalue weighted by atomic mass is 15.1. The molecule has 127 heavy (non-hydrogen) atoms. The van der Waals surface area contributed by atoms with Crippen molar-refractivity contribution in [2.45, 2.75) is 301 Å². The third-order valence-electron chi connectivity index (χ3n) is 31.2. The zero-order chi connectivity index (χ0) is 86.5. The summed E-state index contributed by atoms with van der Waals surface area (Å²) in [7, 11) is 0. The van der Waals surface area contributed by atoms with E-state index in [4.69, 9.17) is 0 Å². The van der Waals surface area contributed by atoms with Crippen molar-refractivity contribution >= 4 is 34.1 Å². The van der Waals surface area contributed by atoms with Crippen LogP contribution in [0.15, 0.2) is 285 Å². The van der Waals surface area contributed by atoms with Gasteiger partial charge in [-0.15, -0.1) is 0 Å². The monoisotopic (exact) mass is 1670 g/mol. The Morgan fingerprint density at radius 2 is 0.512 bits per heavy atom. The van der Waals surface area contributed by atoms with E-state index in [0.717, 1.165) is 44.9 Å². The number of nitrogens with zero attached hydrogens (tertiary/aromatic N) is 2. The molecule has 1 atom stereocenters. The zero-order valence-corrected chi connectivity index (χ0v) is 77.8. The second kappa shape index (κ2) is 40.4. The van der Waals surface area contributed by atoms with E-state index >= 15 is 0 Å². The van der Waals surface area contributed by atoms with Gasteiger partial charge in [0.1, 0.15) is 0 Å². The first-order chi connectivity index (χ1) is 62.6. The van der Waals surface area contributed by atoms with E-state index in [2.05, 4.69) is 336 Å². The van der Waals surface area contributed by atoms with Crippen LogP contribution in [-0.2, 0) is 54.8 Å². The number of aryl methyl sites for hydroxylation is 6. The Balaban J connectivity index is 0.704. The SMILES string of the molecule is CCCCCCCCC1(CCCCCCCC)c2cc(-c3ccc(N(c4ccccc4)c4ccc5c(c4)C(CCCCCCCC)(CCCCCCCC)c4cc(N(c6ccccc6)c6ccc(-c7ccc8c(c7)C(CCc7ccc9c(c7)CC9)(CCc7ccc9c(c7)CC9)c7cc(-c9ccccc9)ccc7-8)cc6)ccc4-5)cc3)ccc2-c2ccc(C(C)CC)cc21. The van der Waals surface area contributed by atoms with E-state index in [-0.39, 0.29) is 16.2 Å². The van der Waals surface area contributed by atoms with Crippen molar-refractivity contribution in [2.75, 3.05) is 9.80 Å². The van der Waals surface area contributed by atoms with Gasteiger partial charge in [-0.05, 0) is 319 Å². The van der Waals surface area contributed by atoms with Crippen molar-refractivity contribution in [3.63, 3.8) is 0 Å². The van der Waals surface area contributed by atoms with Gasteiger partial charge in [0.2, 0.25) is 0 Å². The number of fused-ring (bicyclic) bond motifs is 11. The molecule has 0 spiro atoms. The second-order valence-electron chi connectivity index (χ2n) is 39.2. The minimum absolute atomic E-state index is 0.00338. The maximum Gasteiger partial charge on any atom is 0.0465 e. The maximum absolute atomic E-state index is 2.69. The first-order valence-electron chi connectivity index (χ1n) is 50.7. The largest absolute Gasteiger partial charge is 0.310 e. The van der Waals surface area contributed by atoms with Crippen LogP contribution in [0.2, 0.25) is 0 Å². The summed E-state index contributed by atoms with van der Waals surface area (Å²) in [6, 6.07) is 114. The predicted molar refractivity (Wildman–Crippen MR) is 546 cm³/mol. The van der Waals surface area contributed by atoms with Crippen LogP contribution in [0.3, 0.4) is 0 Å². The molecule has 5 aliphatic carbocycles. The lowest BCUT2D eigenvalue weighted by Gasteiger charge is -2.35. The lowest BCUT2D eigenvalue weighted by Crippen LogP contribution is -2.27. The van der Waals surface area contributed by atoms with E-state index in [9.17, 15) is 0 Å². The molecule has 0 saturated heterocycles. The number of anilines is 6. The molecule has 0 aliphatic heterocycles. The van der Waals surface area contributed by atoms with Gasteiger partial charge in [-0.2, -0.15) is 0 Å². The van der Waals surface area contributed by atoms with Crippen LogP contribution in [0.1, 0.15) is 319 Å². The Bertz CT molecular complexity index is 5770. The molecule has 0 aromatic heterocycles. The summed E-state index contributed by atoms with van der Waals surface area (Å²) in [6.45, 7) is 14.2. The first kappa shape index (κ1) is 87.2. The number of benzene rings is 13. The Morgan fingerprint density at radius 1 is 0.228 bits per heavy atom. The van der Waals surface area contributed by atoms with Crippen LogP contribution < -0.4 is 9.80 Å². The number of rotatable bonds is 45. The third kappa shape index (κ3) is 18.2. The van der Waals surface area contributed by atoms with Crippen LogP contribution in [0.4, 0.5) is 34.1 Å². The van der Waals surface area contributed by atoms with Gasteiger partial charge in [0.05, 0.1) is 0 Å². The number of hydrogen-bond acceptors (Lipinski definition) is 2. The van der Waals surface area contributed by atoms with Gasteiger partial charge >= 0.3 is 0 Å². The molecule has 650 valence electrons. The average molecular weight is 1670 g/mol. The molecule has 0 amide bonds. The van der Waals surface area contributed by atoms with Gasteiger partial charge in [0.15, 0.2) is 0 Å². The van der Waals surface area contributed by atoms with Gasteiger partial charge in [-0.1, -0.05) is 390 Å². The summed E-state index contributed by atoms with van der Waals surface area (Å²) in [6.07, 6.45) is 45.8. The van der Waals surface area contributed by atoms with E-state index in [1.54, 1.807) is 22.3 Å². The maximum atomic E-state index is 2.69. The molecule has 0 bridgehead atoms. The summed E-state index contributed by atoms with van der Waals surface area (Å²) >= 11 is 0. The van der Waals surface area contributed by atoms with Crippen molar-refractivity contribution in [1.82, 2.24) is 0 Å². The fourth-order valence-electron chi connectivity index (χ4n) is 23.5. The summed E-state index contributed by atoms with van der Waals surface area (Å²) in [5.74, 6) is 0.535. The summed E-state index contributed by atoms with van der Waals surface area (Å²) in [4.78, 5) is 5.14. The molecule has 1 unspecified atom stereocenters. The fraction of sp³-hybridized carbons (Fsp3) is 0.376. The van der Waals surface area contributed by atoms with Gasteiger partial charge in [0, 0.05) is 50.4 Å². The second-order valence-corrected chi connectivity index (χ2v) is 39.2. The normalized spacial score (nSPS) is 14.3. The molecule has 18 rings (SSSR count). The Hall–Kier alpha value is -10.5. The number of para-hydroxylation sites is 2. The van der Waals surface area contributed by atoms with Gasteiger partial charge in [-0.3, -0.25) is 0 Å². The lowest BCUT2D eigenvalue weighted by atomic mass is 9.69. The van der Waals surface area contributed by atoms with E-state index < -0.39 is 0 Å². The van der Waals surface area contributed by atoms with Crippen molar-refractivity contribution in [3.05, 3.63) is 357 Å². The summed E-state index contributed by atoms with van der Waals surface area (Å²) in [5, 5.41) is 0. The minimum atomic E-state index is -0.214.